The third-order valence-electron chi connectivity index (χ3n) is 6.41. The lowest BCUT2D eigenvalue weighted by Gasteiger charge is -2.17. The molecule has 164 valence electrons. The lowest BCUT2D eigenvalue weighted by Crippen LogP contribution is -2.28. The van der Waals surface area contributed by atoms with Crippen LogP contribution in [0, 0.1) is 6.92 Å². The first kappa shape index (κ1) is 20.4. The van der Waals surface area contributed by atoms with Gasteiger partial charge in [-0.25, -0.2) is 4.79 Å². The van der Waals surface area contributed by atoms with E-state index in [1.807, 2.05) is 25.1 Å². The first-order valence-electron chi connectivity index (χ1n) is 11.0. The maximum atomic E-state index is 13.2. The molecule has 3 aromatic rings. The van der Waals surface area contributed by atoms with E-state index in [4.69, 9.17) is 4.74 Å². The number of H-pyrrole nitrogens is 1. The van der Waals surface area contributed by atoms with Gasteiger partial charge in [0.15, 0.2) is 0 Å². The molecule has 0 aliphatic heterocycles. The lowest BCUT2D eigenvalue weighted by atomic mass is 9.93. The summed E-state index contributed by atoms with van der Waals surface area (Å²) >= 11 is 0. The molecule has 2 aliphatic carbocycles. The van der Waals surface area contributed by atoms with Crippen LogP contribution in [0.4, 0.5) is 5.69 Å². The fourth-order valence-electron chi connectivity index (χ4n) is 4.45. The van der Waals surface area contributed by atoms with Crippen molar-refractivity contribution < 1.29 is 14.3 Å². The Balaban J connectivity index is 1.41. The van der Waals surface area contributed by atoms with Gasteiger partial charge in [-0.2, -0.15) is 5.21 Å². The third kappa shape index (κ3) is 3.88. The molecule has 0 atom stereocenters. The second-order valence-corrected chi connectivity index (χ2v) is 8.71. The van der Waals surface area contributed by atoms with Gasteiger partial charge in [-0.05, 0) is 74.4 Å². The van der Waals surface area contributed by atoms with Gasteiger partial charge in [-0.3, -0.25) is 4.79 Å². The van der Waals surface area contributed by atoms with Crippen LogP contribution in [0.15, 0.2) is 42.5 Å². The van der Waals surface area contributed by atoms with Crippen LogP contribution in [0.3, 0.4) is 0 Å². The number of aryl methyl sites for hydroxylation is 1. The average molecular weight is 431 g/mol. The zero-order valence-electron chi connectivity index (χ0n) is 17.9. The van der Waals surface area contributed by atoms with Crippen molar-refractivity contribution in [2.45, 2.75) is 57.0 Å². The molecule has 0 radical (unpaired) electrons. The quantitative estimate of drug-likeness (QED) is 0.572. The summed E-state index contributed by atoms with van der Waals surface area (Å²) in [5.74, 6) is -0.185. The van der Waals surface area contributed by atoms with Crippen LogP contribution < -0.4 is 5.32 Å². The van der Waals surface area contributed by atoms with E-state index in [-0.39, 0.29) is 17.8 Å². The Morgan fingerprint density at radius 2 is 1.94 bits per heavy atom. The average Bonchev–Trinajstić information content (AvgIpc) is 3.16. The van der Waals surface area contributed by atoms with E-state index in [0.29, 0.717) is 16.8 Å². The molecular weight excluding hydrogens is 406 g/mol. The molecule has 1 heterocycles. The van der Waals surface area contributed by atoms with Crippen molar-refractivity contribution in [2.75, 3.05) is 5.32 Å². The Kier molecular flexibility index (Phi) is 5.20. The van der Waals surface area contributed by atoms with Gasteiger partial charge in [0.2, 0.25) is 11.7 Å². The number of rotatable bonds is 6. The largest absolute Gasteiger partial charge is 0.459 e. The van der Waals surface area contributed by atoms with Crippen LogP contribution in [-0.2, 0) is 14.9 Å². The van der Waals surface area contributed by atoms with Crippen LogP contribution in [0.2, 0.25) is 0 Å². The summed E-state index contributed by atoms with van der Waals surface area (Å²) in [6.07, 6.45) is 5.49. The van der Waals surface area contributed by atoms with Gasteiger partial charge in [0.05, 0.1) is 11.0 Å². The van der Waals surface area contributed by atoms with E-state index in [2.05, 4.69) is 32.0 Å². The fourth-order valence-corrected chi connectivity index (χ4v) is 4.45. The second kappa shape index (κ2) is 8.18. The molecule has 2 aromatic carbocycles. The van der Waals surface area contributed by atoms with Gasteiger partial charge < -0.3 is 10.1 Å². The number of ether oxygens (including phenoxy) is 1. The lowest BCUT2D eigenvalue weighted by molar-refractivity contribution is -0.118. The number of tetrazole rings is 1. The number of esters is 1. The summed E-state index contributed by atoms with van der Waals surface area (Å²) in [6, 6.07) is 13.2. The summed E-state index contributed by atoms with van der Waals surface area (Å²) in [5, 5.41) is 17.1. The Morgan fingerprint density at radius 3 is 2.62 bits per heavy atom. The Bertz CT molecular complexity index is 1150. The fraction of sp³-hybridized carbons (Fsp3) is 0.375. The smallest absolute Gasteiger partial charge is 0.339 e. The number of hydrogen-bond acceptors (Lipinski definition) is 6. The number of carbonyl (C=O) groups is 2. The number of amides is 1. The zero-order chi connectivity index (χ0) is 22.1. The minimum absolute atomic E-state index is 0.0518. The molecule has 2 N–H and O–H groups in total. The molecule has 1 aromatic heterocycles. The van der Waals surface area contributed by atoms with Crippen molar-refractivity contribution >= 4 is 17.6 Å². The van der Waals surface area contributed by atoms with Crippen LogP contribution in [0.1, 0.15) is 60.0 Å². The van der Waals surface area contributed by atoms with E-state index >= 15 is 0 Å². The van der Waals surface area contributed by atoms with E-state index in [0.717, 1.165) is 49.7 Å². The molecule has 0 unspecified atom stereocenters. The number of nitrogens with one attached hydrogen (secondary N) is 2. The normalized spacial score (nSPS) is 17.2. The highest BCUT2D eigenvalue weighted by molar-refractivity contribution is 6.03. The molecule has 0 spiro atoms. The zero-order valence-corrected chi connectivity index (χ0v) is 17.9. The van der Waals surface area contributed by atoms with Crippen molar-refractivity contribution in [1.82, 2.24) is 20.6 Å². The predicted molar refractivity (Wildman–Crippen MR) is 118 cm³/mol. The second-order valence-electron chi connectivity index (χ2n) is 8.71. The number of nitrogens with zero attached hydrogens (tertiary/aromatic N) is 3. The minimum atomic E-state index is -0.502. The number of hydrogen-bond donors (Lipinski definition) is 2. The first-order valence-corrected chi connectivity index (χ1v) is 11.0. The molecule has 2 saturated carbocycles. The summed E-state index contributed by atoms with van der Waals surface area (Å²) < 4.78 is 5.68. The van der Waals surface area contributed by atoms with E-state index < -0.39 is 11.4 Å². The Labute approximate surface area is 185 Å². The van der Waals surface area contributed by atoms with Crippen LogP contribution in [-0.4, -0.2) is 38.6 Å². The maximum absolute atomic E-state index is 13.2. The standard InChI is InChI=1S/C24H25N5O3/c1-15-5-4-6-16(13-15)24(11-12-24)23(31)25-17-9-10-19(20(14-17)21-26-28-29-27-21)22(30)32-18-7-2-3-8-18/h4-6,9-10,13-14,18H,2-3,7-8,11-12H2,1H3,(H,25,31)(H,26,27,28,29). The predicted octanol–water partition coefficient (Wildman–Crippen LogP) is 3.94. The van der Waals surface area contributed by atoms with Gasteiger partial charge in [-0.15, -0.1) is 10.2 Å². The topological polar surface area (TPSA) is 110 Å². The molecular formula is C24H25N5O3. The van der Waals surface area contributed by atoms with Crippen LogP contribution in [0.25, 0.3) is 11.4 Å². The molecule has 8 nitrogen and oxygen atoms in total. The summed E-state index contributed by atoms with van der Waals surface area (Å²) in [5.41, 5.74) is 3.07. The molecule has 32 heavy (non-hydrogen) atoms. The van der Waals surface area contributed by atoms with Crippen molar-refractivity contribution in [3.8, 4) is 11.4 Å². The number of carbonyl (C=O) groups excluding carboxylic acids is 2. The third-order valence-corrected chi connectivity index (χ3v) is 6.41. The summed E-state index contributed by atoms with van der Waals surface area (Å²) in [4.78, 5) is 26.0. The molecule has 5 rings (SSSR count). The summed E-state index contributed by atoms with van der Waals surface area (Å²) in [7, 11) is 0. The van der Waals surface area contributed by atoms with E-state index in [9.17, 15) is 9.59 Å². The number of aromatic nitrogens is 4. The molecule has 2 aliphatic rings. The number of benzene rings is 2. The van der Waals surface area contributed by atoms with Gasteiger partial charge in [0.25, 0.3) is 0 Å². The van der Waals surface area contributed by atoms with E-state index in [1.54, 1.807) is 18.2 Å². The minimum Gasteiger partial charge on any atom is -0.459 e. The van der Waals surface area contributed by atoms with Crippen molar-refractivity contribution in [3.63, 3.8) is 0 Å². The van der Waals surface area contributed by atoms with Gasteiger partial charge >= 0.3 is 5.97 Å². The van der Waals surface area contributed by atoms with Gasteiger partial charge in [0.1, 0.15) is 6.10 Å². The highest BCUT2D eigenvalue weighted by Gasteiger charge is 2.51. The molecule has 8 heteroatoms. The van der Waals surface area contributed by atoms with E-state index in [1.165, 1.54) is 0 Å². The molecule has 2 fully saturated rings. The highest BCUT2D eigenvalue weighted by atomic mass is 16.5. The summed E-state index contributed by atoms with van der Waals surface area (Å²) in [6.45, 7) is 2.03. The molecule has 0 bridgehead atoms. The monoisotopic (exact) mass is 431 g/mol. The number of aromatic amines is 1. The van der Waals surface area contributed by atoms with Gasteiger partial charge in [0, 0.05) is 11.3 Å². The van der Waals surface area contributed by atoms with Gasteiger partial charge in [-0.1, -0.05) is 29.8 Å². The maximum Gasteiger partial charge on any atom is 0.339 e. The number of anilines is 1. The SMILES string of the molecule is Cc1cccc(C2(C(=O)Nc3ccc(C(=O)OC4CCCC4)c(-c4nn[nH]n4)c3)CC2)c1. The molecule has 1 amide bonds. The van der Waals surface area contributed by atoms with Crippen LogP contribution in [0.5, 0.6) is 0 Å². The van der Waals surface area contributed by atoms with Crippen molar-refractivity contribution in [3.05, 3.63) is 59.2 Å². The Hall–Kier alpha value is -3.55. The van der Waals surface area contributed by atoms with Crippen molar-refractivity contribution in [1.29, 1.82) is 0 Å². The molecule has 0 saturated heterocycles. The van der Waals surface area contributed by atoms with Crippen molar-refractivity contribution in [2.24, 2.45) is 0 Å². The first-order chi connectivity index (χ1) is 15.5. The highest BCUT2D eigenvalue weighted by Crippen LogP contribution is 2.49. The Morgan fingerprint density at radius 1 is 1.12 bits per heavy atom. The van der Waals surface area contributed by atoms with Crippen LogP contribution >= 0.6 is 0 Å².